The maximum absolute atomic E-state index is 11.8. The second-order valence-corrected chi connectivity index (χ2v) is 4.81. The monoisotopic (exact) mass is 296 g/mol. The molecule has 0 aliphatic carbocycles. The number of hydrogen-bond donors (Lipinski definition) is 0. The molecule has 0 saturated carbocycles. The van der Waals surface area contributed by atoms with Gasteiger partial charge in [-0.3, -0.25) is 0 Å². The Morgan fingerprint density at radius 2 is 1.68 bits per heavy atom. The van der Waals surface area contributed by atoms with Gasteiger partial charge in [0.1, 0.15) is 5.75 Å². The lowest BCUT2D eigenvalue weighted by Gasteiger charge is -2.09. The molecule has 1 aliphatic rings. The molecule has 4 heteroatoms. The lowest BCUT2D eigenvalue weighted by Crippen LogP contribution is -2.04. The Labute approximate surface area is 128 Å². The zero-order chi connectivity index (χ0) is 15.2. The Kier molecular flexibility index (Phi) is 4.63. The van der Waals surface area contributed by atoms with Gasteiger partial charge in [0.05, 0.1) is 13.2 Å². The molecule has 1 saturated heterocycles. The van der Waals surface area contributed by atoms with Crippen molar-refractivity contribution in [3.05, 3.63) is 71.8 Å². The van der Waals surface area contributed by atoms with Crippen LogP contribution in [0.25, 0.3) is 6.08 Å². The van der Waals surface area contributed by atoms with E-state index < -0.39 is 5.97 Å². The largest absolute Gasteiger partial charge is 0.423 e. The molecule has 22 heavy (non-hydrogen) atoms. The minimum absolute atomic E-state index is 0.317. The summed E-state index contributed by atoms with van der Waals surface area (Å²) < 4.78 is 16.1. The first kappa shape index (κ1) is 14.5. The maximum atomic E-state index is 11.8. The minimum Gasteiger partial charge on any atom is -0.423 e. The van der Waals surface area contributed by atoms with Gasteiger partial charge in [-0.05, 0) is 23.8 Å². The van der Waals surface area contributed by atoms with Crippen LogP contribution in [-0.2, 0) is 14.3 Å². The molecule has 1 aliphatic heterocycles. The van der Waals surface area contributed by atoms with E-state index in [4.69, 9.17) is 14.2 Å². The van der Waals surface area contributed by atoms with E-state index in [0.717, 1.165) is 11.1 Å². The Bertz CT molecular complexity index is 641. The van der Waals surface area contributed by atoms with E-state index in [1.807, 2.05) is 42.5 Å². The molecule has 4 nitrogen and oxygen atoms in total. The normalized spacial score (nSPS) is 15.3. The molecule has 2 aromatic carbocycles. The number of benzene rings is 2. The van der Waals surface area contributed by atoms with E-state index in [2.05, 4.69) is 0 Å². The molecule has 0 bridgehead atoms. The van der Waals surface area contributed by atoms with Crippen molar-refractivity contribution in [2.45, 2.75) is 6.29 Å². The smallest absolute Gasteiger partial charge is 0.336 e. The quantitative estimate of drug-likeness (QED) is 0.493. The molecule has 0 amide bonds. The van der Waals surface area contributed by atoms with Gasteiger partial charge in [0.25, 0.3) is 0 Å². The van der Waals surface area contributed by atoms with Gasteiger partial charge in [0, 0.05) is 11.6 Å². The van der Waals surface area contributed by atoms with Gasteiger partial charge in [-0.15, -0.1) is 0 Å². The topological polar surface area (TPSA) is 44.8 Å². The van der Waals surface area contributed by atoms with Crippen molar-refractivity contribution < 1.29 is 19.0 Å². The SMILES string of the molecule is O=C(/C=C/c1ccccc1)Oc1ccc(C2OCCO2)cc1. The molecule has 1 fully saturated rings. The molecule has 0 N–H and O–H groups in total. The first-order chi connectivity index (χ1) is 10.8. The lowest BCUT2D eigenvalue weighted by molar-refractivity contribution is -0.128. The molecular weight excluding hydrogens is 280 g/mol. The van der Waals surface area contributed by atoms with Crippen LogP contribution in [0.15, 0.2) is 60.7 Å². The average molecular weight is 296 g/mol. The Hall–Kier alpha value is -2.43. The van der Waals surface area contributed by atoms with Gasteiger partial charge < -0.3 is 14.2 Å². The van der Waals surface area contributed by atoms with Crippen LogP contribution in [0.5, 0.6) is 5.75 Å². The summed E-state index contributed by atoms with van der Waals surface area (Å²) in [5.41, 5.74) is 1.86. The van der Waals surface area contributed by atoms with Gasteiger partial charge in [-0.25, -0.2) is 4.79 Å². The van der Waals surface area contributed by atoms with Gasteiger partial charge in [-0.2, -0.15) is 0 Å². The standard InChI is InChI=1S/C18H16O4/c19-17(11-6-14-4-2-1-3-5-14)22-16-9-7-15(8-10-16)18-20-12-13-21-18/h1-11,18H,12-13H2/b11-6+. The summed E-state index contributed by atoms with van der Waals surface area (Å²) in [4.78, 5) is 11.8. The molecule has 0 aromatic heterocycles. The van der Waals surface area contributed by atoms with Crippen molar-refractivity contribution in [1.29, 1.82) is 0 Å². The predicted molar refractivity (Wildman–Crippen MR) is 82.2 cm³/mol. The summed E-state index contributed by atoms with van der Waals surface area (Å²) in [5.74, 6) is 0.0782. The van der Waals surface area contributed by atoms with Crippen LogP contribution in [0.4, 0.5) is 0 Å². The highest BCUT2D eigenvalue weighted by Crippen LogP contribution is 2.25. The van der Waals surface area contributed by atoms with E-state index in [1.54, 1.807) is 18.2 Å². The van der Waals surface area contributed by atoms with Crippen molar-refractivity contribution in [3.8, 4) is 5.75 Å². The fourth-order valence-corrected chi connectivity index (χ4v) is 2.12. The third kappa shape index (κ3) is 3.81. The van der Waals surface area contributed by atoms with Crippen molar-refractivity contribution in [1.82, 2.24) is 0 Å². The highest BCUT2D eigenvalue weighted by atomic mass is 16.7. The Morgan fingerprint density at radius 1 is 1.00 bits per heavy atom. The third-order valence-electron chi connectivity index (χ3n) is 3.20. The highest BCUT2D eigenvalue weighted by Gasteiger charge is 2.17. The molecular formula is C18H16O4. The summed E-state index contributed by atoms with van der Waals surface area (Å²) in [6.07, 6.45) is 2.81. The van der Waals surface area contributed by atoms with Crippen LogP contribution in [0.3, 0.4) is 0 Å². The average Bonchev–Trinajstić information content (AvgIpc) is 3.09. The van der Waals surface area contributed by atoms with Gasteiger partial charge in [-0.1, -0.05) is 42.5 Å². The van der Waals surface area contributed by atoms with Crippen molar-refractivity contribution in [3.63, 3.8) is 0 Å². The van der Waals surface area contributed by atoms with Crippen molar-refractivity contribution in [2.75, 3.05) is 13.2 Å². The zero-order valence-corrected chi connectivity index (χ0v) is 12.0. The van der Waals surface area contributed by atoms with Crippen LogP contribution in [0.2, 0.25) is 0 Å². The third-order valence-corrected chi connectivity index (χ3v) is 3.20. The minimum atomic E-state index is -0.412. The molecule has 3 rings (SSSR count). The number of carbonyl (C=O) groups excluding carboxylic acids is 1. The van der Waals surface area contributed by atoms with Gasteiger partial charge in [0.15, 0.2) is 6.29 Å². The summed E-state index contributed by atoms with van der Waals surface area (Å²) in [6.45, 7) is 1.21. The predicted octanol–water partition coefficient (Wildman–Crippen LogP) is 3.35. The van der Waals surface area contributed by atoms with Gasteiger partial charge in [0.2, 0.25) is 0 Å². The van der Waals surface area contributed by atoms with Gasteiger partial charge >= 0.3 is 5.97 Å². The van der Waals surface area contributed by atoms with Crippen LogP contribution >= 0.6 is 0 Å². The lowest BCUT2D eigenvalue weighted by atomic mass is 10.2. The number of ether oxygens (including phenoxy) is 3. The fourth-order valence-electron chi connectivity index (χ4n) is 2.12. The summed E-state index contributed by atoms with van der Waals surface area (Å²) >= 11 is 0. The number of esters is 1. The van der Waals surface area contributed by atoms with E-state index in [1.165, 1.54) is 6.08 Å². The summed E-state index contributed by atoms with van der Waals surface area (Å²) in [5, 5.41) is 0. The van der Waals surface area contributed by atoms with Crippen molar-refractivity contribution >= 4 is 12.0 Å². The zero-order valence-electron chi connectivity index (χ0n) is 12.0. The van der Waals surface area contributed by atoms with Crippen LogP contribution in [-0.4, -0.2) is 19.2 Å². The van der Waals surface area contributed by atoms with Crippen LogP contribution in [0.1, 0.15) is 17.4 Å². The molecule has 0 radical (unpaired) electrons. The van der Waals surface area contributed by atoms with E-state index in [9.17, 15) is 4.79 Å². The first-order valence-corrected chi connectivity index (χ1v) is 7.09. The Balaban J connectivity index is 1.58. The second kappa shape index (κ2) is 7.02. The maximum Gasteiger partial charge on any atom is 0.336 e. The van der Waals surface area contributed by atoms with Crippen LogP contribution in [0, 0.1) is 0 Å². The number of hydrogen-bond acceptors (Lipinski definition) is 4. The van der Waals surface area contributed by atoms with Crippen LogP contribution < -0.4 is 4.74 Å². The highest BCUT2D eigenvalue weighted by molar-refractivity contribution is 5.88. The van der Waals surface area contributed by atoms with Crippen molar-refractivity contribution in [2.24, 2.45) is 0 Å². The summed E-state index contributed by atoms with van der Waals surface area (Å²) in [6, 6.07) is 16.7. The van der Waals surface area contributed by atoms with E-state index in [0.29, 0.717) is 19.0 Å². The Morgan fingerprint density at radius 3 is 2.36 bits per heavy atom. The molecule has 0 spiro atoms. The summed E-state index contributed by atoms with van der Waals surface area (Å²) in [7, 11) is 0. The molecule has 112 valence electrons. The number of carbonyl (C=O) groups is 1. The first-order valence-electron chi connectivity index (χ1n) is 7.09. The van der Waals surface area contributed by atoms with E-state index in [-0.39, 0.29) is 6.29 Å². The molecule has 0 atom stereocenters. The molecule has 0 unspecified atom stereocenters. The second-order valence-electron chi connectivity index (χ2n) is 4.81. The fraction of sp³-hybridized carbons (Fsp3) is 0.167. The number of rotatable bonds is 4. The van der Waals surface area contributed by atoms with E-state index >= 15 is 0 Å². The molecule has 1 heterocycles. The molecule has 2 aromatic rings.